The average molecular weight is 270 g/mol. The van der Waals surface area contributed by atoms with E-state index >= 15 is 0 Å². The lowest BCUT2D eigenvalue weighted by molar-refractivity contribution is 0.442. The van der Waals surface area contributed by atoms with Crippen LogP contribution in [0.1, 0.15) is 40.5 Å². The van der Waals surface area contributed by atoms with E-state index in [1.165, 1.54) is 0 Å². The highest BCUT2D eigenvalue weighted by Gasteiger charge is 2.13. The van der Waals surface area contributed by atoms with Gasteiger partial charge in [0.25, 0.3) is 0 Å². The first-order chi connectivity index (χ1) is 8.38. The van der Waals surface area contributed by atoms with Crippen molar-refractivity contribution < 1.29 is 5.11 Å². The van der Waals surface area contributed by atoms with E-state index in [1.807, 2.05) is 6.07 Å². The lowest BCUT2D eigenvalue weighted by Crippen LogP contribution is -2.23. The number of hydrogen-bond acceptors (Lipinski definition) is 2. The van der Waals surface area contributed by atoms with Crippen LogP contribution in [-0.4, -0.2) is 11.1 Å². The van der Waals surface area contributed by atoms with E-state index < -0.39 is 0 Å². The molecule has 1 rings (SSSR count). The van der Waals surface area contributed by atoms with Crippen LogP contribution in [0.3, 0.4) is 0 Å². The smallest absolute Gasteiger partial charge is 0.134 e. The molecule has 0 spiro atoms. The molecule has 0 fully saturated rings. The number of anilines is 1. The molecule has 102 valence electrons. The predicted molar refractivity (Wildman–Crippen MR) is 79.4 cm³/mol. The van der Waals surface area contributed by atoms with Gasteiger partial charge in [-0.3, -0.25) is 0 Å². The number of hydrogen-bond donors (Lipinski definition) is 2. The molecule has 0 radical (unpaired) electrons. The largest absolute Gasteiger partial charge is 0.506 e. The third-order valence-corrected chi connectivity index (χ3v) is 3.13. The second kappa shape index (κ2) is 6.89. The number of nitrogens with one attached hydrogen (secondary N) is 1. The van der Waals surface area contributed by atoms with Crippen molar-refractivity contribution in [1.29, 1.82) is 0 Å². The van der Waals surface area contributed by atoms with Gasteiger partial charge in [-0.05, 0) is 42.9 Å². The zero-order valence-corrected chi connectivity index (χ0v) is 12.5. The van der Waals surface area contributed by atoms with Crippen molar-refractivity contribution in [1.82, 2.24) is 0 Å². The Bertz CT molecular complexity index is 367. The Hall–Kier alpha value is -0.890. The van der Waals surface area contributed by atoms with Crippen LogP contribution in [0.5, 0.6) is 5.75 Å². The molecular formula is C15H24ClNO. The van der Waals surface area contributed by atoms with Crippen molar-refractivity contribution in [3.05, 3.63) is 23.2 Å². The fourth-order valence-corrected chi connectivity index (χ4v) is 2.37. The number of rotatable bonds is 6. The van der Waals surface area contributed by atoms with Gasteiger partial charge >= 0.3 is 0 Å². The van der Waals surface area contributed by atoms with Gasteiger partial charge in [-0.2, -0.15) is 0 Å². The normalized spacial score (nSPS) is 11.6. The molecule has 1 aromatic carbocycles. The van der Waals surface area contributed by atoms with Crippen molar-refractivity contribution in [2.75, 3.05) is 5.32 Å². The van der Waals surface area contributed by atoms with Crippen LogP contribution in [0.4, 0.5) is 5.69 Å². The van der Waals surface area contributed by atoms with Gasteiger partial charge in [-0.25, -0.2) is 0 Å². The highest BCUT2D eigenvalue weighted by atomic mass is 35.5. The molecule has 18 heavy (non-hydrogen) atoms. The van der Waals surface area contributed by atoms with Crippen molar-refractivity contribution in [3.8, 4) is 5.75 Å². The molecule has 0 heterocycles. The lowest BCUT2D eigenvalue weighted by atomic mass is 9.95. The topological polar surface area (TPSA) is 32.3 Å². The van der Waals surface area contributed by atoms with Gasteiger partial charge in [0.15, 0.2) is 0 Å². The molecule has 0 amide bonds. The third kappa shape index (κ3) is 5.18. The Morgan fingerprint density at radius 1 is 1.11 bits per heavy atom. The summed E-state index contributed by atoms with van der Waals surface area (Å²) in [5.41, 5.74) is 0.976. The van der Waals surface area contributed by atoms with Crippen LogP contribution in [0, 0.1) is 11.8 Å². The molecule has 0 atom stereocenters. The second-order valence-corrected chi connectivity index (χ2v) is 6.17. The molecule has 0 bridgehead atoms. The summed E-state index contributed by atoms with van der Waals surface area (Å²) in [6.07, 6.45) is 2.27. The molecule has 1 aromatic rings. The third-order valence-electron chi connectivity index (χ3n) is 2.83. The minimum absolute atomic E-state index is 0.131. The maximum Gasteiger partial charge on any atom is 0.134 e. The molecule has 0 aromatic heterocycles. The number of aromatic hydroxyl groups is 1. The van der Waals surface area contributed by atoms with Crippen LogP contribution >= 0.6 is 11.6 Å². The predicted octanol–water partition coefficient (Wildman–Crippen LogP) is 4.92. The molecule has 0 aliphatic carbocycles. The quantitative estimate of drug-likeness (QED) is 0.719. The van der Waals surface area contributed by atoms with Crippen molar-refractivity contribution in [3.63, 3.8) is 0 Å². The van der Waals surface area contributed by atoms with Crippen molar-refractivity contribution >= 4 is 17.3 Å². The summed E-state index contributed by atoms with van der Waals surface area (Å²) in [4.78, 5) is 0. The maximum absolute atomic E-state index is 9.41. The Morgan fingerprint density at radius 3 is 2.11 bits per heavy atom. The second-order valence-electron chi connectivity index (χ2n) is 5.77. The lowest BCUT2D eigenvalue weighted by Gasteiger charge is -2.23. The summed E-state index contributed by atoms with van der Waals surface area (Å²) in [5.74, 6) is 1.45. The number of benzene rings is 1. The molecule has 0 unspecified atom stereocenters. The van der Waals surface area contributed by atoms with Crippen LogP contribution in [-0.2, 0) is 0 Å². The van der Waals surface area contributed by atoms with E-state index in [1.54, 1.807) is 12.1 Å². The Morgan fingerprint density at radius 2 is 1.67 bits per heavy atom. The van der Waals surface area contributed by atoms with E-state index in [9.17, 15) is 5.11 Å². The standard InChI is InChI=1S/C15H24ClNO/c1-10(2)7-13(8-11(3)4)17-12-5-6-15(18)14(16)9-12/h5-6,9-11,13,17-18H,7-8H2,1-4H3. The number of phenolic OH excluding ortho intramolecular Hbond substituents is 1. The molecule has 2 nitrogen and oxygen atoms in total. The SMILES string of the molecule is CC(C)CC(CC(C)C)Nc1ccc(O)c(Cl)c1. The number of phenols is 1. The summed E-state index contributed by atoms with van der Waals surface area (Å²) >= 11 is 5.92. The fourth-order valence-electron chi connectivity index (χ4n) is 2.18. The van der Waals surface area contributed by atoms with E-state index in [0.717, 1.165) is 18.5 Å². The maximum atomic E-state index is 9.41. The molecule has 0 saturated carbocycles. The van der Waals surface area contributed by atoms with E-state index in [4.69, 9.17) is 11.6 Å². The first kappa shape index (κ1) is 15.2. The first-order valence-corrected chi connectivity index (χ1v) is 7.01. The summed E-state index contributed by atoms with van der Waals surface area (Å²) in [6, 6.07) is 5.73. The fraction of sp³-hybridized carbons (Fsp3) is 0.600. The molecule has 3 heteroatoms. The summed E-state index contributed by atoms with van der Waals surface area (Å²) < 4.78 is 0. The van der Waals surface area contributed by atoms with Crippen molar-refractivity contribution in [2.24, 2.45) is 11.8 Å². The zero-order chi connectivity index (χ0) is 13.7. The van der Waals surface area contributed by atoms with Crippen molar-refractivity contribution in [2.45, 2.75) is 46.6 Å². The highest BCUT2D eigenvalue weighted by Crippen LogP contribution is 2.27. The minimum atomic E-state index is 0.131. The zero-order valence-electron chi connectivity index (χ0n) is 11.7. The van der Waals surface area contributed by atoms with Gasteiger partial charge in [0.1, 0.15) is 5.75 Å². The van der Waals surface area contributed by atoms with Gasteiger partial charge in [-0.1, -0.05) is 39.3 Å². The average Bonchev–Trinajstić information content (AvgIpc) is 2.21. The molecule has 0 saturated heterocycles. The highest BCUT2D eigenvalue weighted by molar-refractivity contribution is 6.32. The van der Waals surface area contributed by atoms with Gasteiger partial charge in [0.05, 0.1) is 5.02 Å². The van der Waals surface area contributed by atoms with Crippen LogP contribution < -0.4 is 5.32 Å². The molecule has 2 N–H and O–H groups in total. The molecule has 0 aliphatic rings. The monoisotopic (exact) mass is 269 g/mol. The van der Waals surface area contributed by atoms with Gasteiger partial charge in [-0.15, -0.1) is 0 Å². The van der Waals surface area contributed by atoms with Crippen LogP contribution in [0.15, 0.2) is 18.2 Å². The Balaban J connectivity index is 2.71. The molecule has 0 aliphatic heterocycles. The van der Waals surface area contributed by atoms with Crippen LogP contribution in [0.2, 0.25) is 5.02 Å². The van der Waals surface area contributed by atoms with Crippen LogP contribution in [0.25, 0.3) is 0 Å². The van der Waals surface area contributed by atoms with E-state index in [2.05, 4.69) is 33.0 Å². The summed E-state index contributed by atoms with van der Waals surface area (Å²) in [6.45, 7) is 8.94. The van der Waals surface area contributed by atoms with Gasteiger partial charge < -0.3 is 10.4 Å². The summed E-state index contributed by atoms with van der Waals surface area (Å²) in [5, 5.41) is 13.3. The van der Waals surface area contributed by atoms with Gasteiger partial charge in [0.2, 0.25) is 0 Å². The Labute approximate surface area is 115 Å². The number of halogens is 1. The van der Waals surface area contributed by atoms with E-state index in [0.29, 0.717) is 22.9 Å². The first-order valence-electron chi connectivity index (χ1n) is 6.63. The van der Waals surface area contributed by atoms with Gasteiger partial charge in [0, 0.05) is 11.7 Å². The van der Waals surface area contributed by atoms with E-state index in [-0.39, 0.29) is 5.75 Å². The summed E-state index contributed by atoms with van der Waals surface area (Å²) in [7, 11) is 0. The Kier molecular flexibility index (Phi) is 5.80. The minimum Gasteiger partial charge on any atom is -0.506 e. The molecular weight excluding hydrogens is 246 g/mol.